The van der Waals surface area contributed by atoms with Crippen LogP contribution in [0.2, 0.25) is 0 Å². The van der Waals surface area contributed by atoms with Crippen molar-refractivity contribution in [2.75, 3.05) is 0 Å². The van der Waals surface area contributed by atoms with Gasteiger partial charge in [-0.3, -0.25) is 0 Å². The summed E-state index contributed by atoms with van der Waals surface area (Å²) in [6.45, 7) is 0. The highest BCUT2D eigenvalue weighted by Crippen LogP contribution is 2.21. The van der Waals surface area contributed by atoms with Gasteiger partial charge in [0.25, 0.3) is 0 Å². The summed E-state index contributed by atoms with van der Waals surface area (Å²) < 4.78 is 3.32. The molecule has 112 valence electrons. The molecule has 0 atom stereocenters. The molecule has 0 bridgehead atoms. The van der Waals surface area contributed by atoms with Crippen molar-refractivity contribution in [2.45, 2.75) is 0 Å². The van der Waals surface area contributed by atoms with Gasteiger partial charge in [-0.25, -0.2) is 0 Å². The van der Waals surface area contributed by atoms with E-state index < -0.39 is 0 Å². The molecular formula is C20H16BrN2+. The smallest absolute Gasteiger partial charge is 0.212 e. The molecule has 0 spiro atoms. The Balaban J connectivity index is 1.78. The number of H-pyrrole nitrogens is 1. The lowest BCUT2D eigenvalue weighted by Crippen LogP contribution is -2.32. The minimum Gasteiger partial charge on any atom is -0.361 e. The number of pyridine rings is 1. The van der Waals surface area contributed by atoms with Crippen molar-refractivity contribution >= 4 is 49.9 Å². The predicted octanol–water partition coefficient (Wildman–Crippen LogP) is 5.08. The molecule has 2 nitrogen and oxygen atoms in total. The molecule has 0 aliphatic carbocycles. The molecule has 3 heteroatoms. The van der Waals surface area contributed by atoms with Crippen LogP contribution >= 0.6 is 15.9 Å². The molecular weight excluding hydrogens is 348 g/mol. The van der Waals surface area contributed by atoms with Crippen molar-refractivity contribution < 1.29 is 4.57 Å². The number of hydrogen-bond acceptors (Lipinski definition) is 0. The largest absolute Gasteiger partial charge is 0.361 e. The molecule has 0 fully saturated rings. The molecule has 0 unspecified atom stereocenters. The molecule has 4 rings (SSSR count). The second-order valence-electron chi connectivity index (χ2n) is 5.64. The Hall–Kier alpha value is -2.39. The van der Waals surface area contributed by atoms with Gasteiger partial charge in [0.05, 0.1) is 0 Å². The van der Waals surface area contributed by atoms with Crippen molar-refractivity contribution in [1.82, 2.24) is 4.98 Å². The molecule has 0 radical (unpaired) electrons. The van der Waals surface area contributed by atoms with E-state index in [9.17, 15) is 0 Å². The SMILES string of the molecule is C[n+]1c(C=Cc2c[nH]c3ccccc23)ccc2cc(Br)ccc21. The third-order valence-electron chi connectivity index (χ3n) is 4.23. The minimum absolute atomic E-state index is 1.10. The van der Waals surface area contributed by atoms with E-state index in [0.29, 0.717) is 0 Å². The summed E-state index contributed by atoms with van der Waals surface area (Å²) in [5.41, 5.74) is 4.76. The summed E-state index contributed by atoms with van der Waals surface area (Å²) >= 11 is 3.53. The van der Waals surface area contributed by atoms with Crippen molar-refractivity contribution in [2.24, 2.45) is 7.05 Å². The Kier molecular flexibility index (Phi) is 3.50. The molecule has 4 aromatic rings. The zero-order valence-electron chi connectivity index (χ0n) is 12.8. The molecule has 0 amide bonds. The van der Waals surface area contributed by atoms with E-state index in [0.717, 1.165) is 4.47 Å². The molecule has 2 aromatic carbocycles. The maximum Gasteiger partial charge on any atom is 0.212 e. The van der Waals surface area contributed by atoms with Crippen LogP contribution in [-0.4, -0.2) is 4.98 Å². The van der Waals surface area contributed by atoms with Crippen LogP contribution in [0, 0.1) is 0 Å². The van der Waals surface area contributed by atoms with Crippen LogP contribution in [-0.2, 0) is 7.05 Å². The summed E-state index contributed by atoms with van der Waals surface area (Å²) in [6, 6.07) is 19.0. The quantitative estimate of drug-likeness (QED) is 0.479. The number of aryl methyl sites for hydroxylation is 1. The molecule has 0 aliphatic heterocycles. The lowest BCUT2D eigenvalue weighted by Gasteiger charge is -2.00. The van der Waals surface area contributed by atoms with E-state index in [1.165, 1.54) is 33.1 Å². The summed E-state index contributed by atoms with van der Waals surface area (Å²) in [5, 5.41) is 2.47. The zero-order chi connectivity index (χ0) is 15.8. The van der Waals surface area contributed by atoms with E-state index in [-0.39, 0.29) is 0 Å². The second-order valence-corrected chi connectivity index (χ2v) is 6.56. The predicted molar refractivity (Wildman–Crippen MR) is 100 cm³/mol. The summed E-state index contributed by atoms with van der Waals surface area (Å²) in [6.07, 6.45) is 6.38. The number of fused-ring (bicyclic) bond motifs is 2. The van der Waals surface area contributed by atoms with Crippen LogP contribution in [0.25, 0.3) is 34.0 Å². The zero-order valence-corrected chi connectivity index (χ0v) is 14.3. The number of rotatable bonds is 2. The lowest BCUT2D eigenvalue weighted by molar-refractivity contribution is -0.646. The van der Waals surface area contributed by atoms with Gasteiger partial charge in [0, 0.05) is 45.2 Å². The molecule has 23 heavy (non-hydrogen) atoms. The van der Waals surface area contributed by atoms with Crippen LogP contribution in [0.1, 0.15) is 11.3 Å². The van der Waals surface area contributed by atoms with Crippen molar-refractivity contribution in [3.8, 4) is 0 Å². The Bertz CT molecular complexity index is 1040. The number of nitrogens with zero attached hydrogens (tertiary/aromatic N) is 1. The molecule has 2 heterocycles. The molecule has 0 aliphatic rings. The normalized spacial score (nSPS) is 11.7. The van der Waals surface area contributed by atoms with Gasteiger partial charge in [-0.2, -0.15) is 4.57 Å². The highest BCUT2D eigenvalue weighted by Gasteiger charge is 2.09. The minimum atomic E-state index is 1.10. The van der Waals surface area contributed by atoms with E-state index in [1.807, 2.05) is 6.07 Å². The fraction of sp³-hybridized carbons (Fsp3) is 0.0500. The first-order chi connectivity index (χ1) is 11.2. The Morgan fingerprint density at radius 2 is 1.87 bits per heavy atom. The number of aromatic amines is 1. The number of benzene rings is 2. The monoisotopic (exact) mass is 363 g/mol. The lowest BCUT2D eigenvalue weighted by atomic mass is 10.1. The van der Waals surface area contributed by atoms with E-state index in [1.54, 1.807) is 0 Å². The Morgan fingerprint density at radius 1 is 1.00 bits per heavy atom. The Labute approximate surface area is 143 Å². The first kappa shape index (κ1) is 14.2. The Morgan fingerprint density at radius 3 is 2.78 bits per heavy atom. The number of nitrogens with one attached hydrogen (secondary N) is 1. The van der Waals surface area contributed by atoms with Crippen LogP contribution in [0.3, 0.4) is 0 Å². The highest BCUT2D eigenvalue weighted by molar-refractivity contribution is 9.10. The average molecular weight is 364 g/mol. The average Bonchev–Trinajstić information content (AvgIpc) is 2.97. The maximum absolute atomic E-state index is 3.53. The summed E-state index contributed by atoms with van der Waals surface area (Å²) in [4.78, 5) is 3.31. The van der Waals surface area contributed by atoms with Gasteiger partial charge in [0.2, 0.25) is 11.2 Å². The van der Waals surface area contributed by atoms with Crippen LogP contribution in [0.4, 0.5) is 0 Å². The topological polar surface area (TPSA) is 19.7 Å². The van der Waals surface area contributed by atoms with E-state index >= 15 is 0 Å². The standard InChI is InChI=1S/C20H15BrN2/c1-23-17(9-6-14-12-16(21)8-11-20(14)23)10-7-15-13-22-19-5-3-2-4-18(15)19/h2-13H,1H3/p+1. The van der Waals surface area contributed by atoms with Crippen molar-refractivity contribution in [1.29, 1.82) is 0 Å². The second kappa shape index (κ2) is 5.67. The van der Waals surface area contributed by atoms with Crippen LogP contribution in [0.15, 0.2) is 65.3 Å². The number of aromatic nitrogens is 2. The van der Waals surface area contributed by atoms with Crippen LogP contribution in [0.5, 0.6) is 0 Å². The van der Waals surface area contributed by atoms with Gasteiger partial charge in [0.15, 0.2) is 0 Å². The molecule has 0 saturated heterocycles. The fourth-order valence-electron chi connectivity index (χ4n) is 2.96. The van der Waals surface area contributed by atoms with E-state index in [2.05, 4.69) is 99.4 Å². The van der Waals surface area contributed by atoms with Crippen molar-refractivity contribution in [3.05, 3.63) is 76.5 Å². The van der Waals surface area contributed by atoms with Gasteiger partial charge >= 0.3 is 0 Å². The summed E-state index contributed by atoms with van der Waals surface area (Å²) in [7, 11) is 2.10. The van der Waals surface area contributed by atoms with Gasteiger partial charge in [-0.05, 0) is 35.9 Å². The fourth-order valence-corrected chi connectivity index (χ4v) is 3.34. The highest BCUT2D eigenvalue weighted by atomic mass is 79.9. The van der Waals surface area contributed by atoms with Crippen LogP contribution < -0.4 is 4.57 Å². The maximum atomic E-state index is 3.53. The van der Waals surface area contributed by atoms with Gasteiger partial charge < -0.3 is 4.98 Å². The summed E-state index contributed by atoms with van der Waals surface area (Å²) in [5.74, 6) is 0. The third-order valence-corrected chi connectivity index (χ3v) is 4.72. The molecule has 2 aromatic heterocycles. The molecule has 1 N–H and O–H groups in total. The van der Waals surface area contributed by atoms with Crippen molar-refractivity contribution in [3.63, 3.8) is 0 Å². The number of hydrogen-bond donors (Lipinski definition) is 1. The van der Waals surface area contributed by atoms with Gasteiger partial charge in [0.1, 0.15) is 7.05 Å². The van der Waals surface area contributed by atoms with Gasteiger partial charge in [-0.1, -0.05) is 34.1 Å². The first-order valence-electron chi connectivity index (χ1n) is 7.55. The van der Waals surface area contributed by atoms with E-state index in [4.69, 9.17) is 0 Å². The number of para-hydroxylation sites is 1. The molecule has 0 saturated carbocycles. The first-order valence-corrected chi connectivity index (χ1v) is 8.34. The van der Waals surface area contributed by atoms with Gasteiger partial charge in [-0.15, -0.1) is 0 Å². The number of halogens is 1. The third kappa shape index (κ3) is 2.57.